The molecule has 0 aromatic carbocycles. The molecule has 0 spiro atoms. The van der Waals surface area contributed by atoms with Gasteiger partial charge in [-0.25, -0.2) is 0 Å². The van der Waals surface area contributed by atoms with Crippen molar-refractivity contribution in [2.75, 3.05) is 0 Å². The number of aryl methyl sites for hydroxylation is 1. The van der Waals surface area contributed by atoms with E-state index in [9.17, 15) is 0 Å². The van der Waals surface area contributed by atoms with E-state index in [1.54, 1.807) is 0 Å². The number of hydrogen-bond acceptors (Lipinski definition) is 1. The monoisotopic (exact) mass is 212 g/mol. The fraction of sp³-hybridized carbons (Fsp3) is 0.333. The zero-order valence-electron chi connectivity index (χ0n) is 6.36. The molecule has 1 aromatic heterocycles. The average Bonchev–Trinajstić information content (AvgIpc) is 2.54. The third-order valence-corrected chi connectivity index (χ3v) is 2.60. The van der Waals surface area contributed by atoms with E-state index >= 15 is 0 Å². The SMILES string of the molecule is CCc1oc(Br)c2c1CC=C2. The molecule has 2 heteroatoms. The zero-order chi connectivity index (χ0) is 7.84. The molecule has 0 atom stereocenters. The first-order valence-corrected chi connectivity index (χ1v) is 4.58. The van der Waals surface area contributed by atoms with E-state index in [4.69, 9.17) is 4.42 Å². The first-order valence-electron chi connectivity index (χ1n) is 3.79. The highest BCUT2D eigenvalue weighted by molar-refractivity contribution is 9.10. The van der Waals surface area contributed by atoms with Gasteiger partial charge in [-0.15, -0.1) is 0 Å². The van der Waals surface area contributed by atoms with Crippen molar-refractivity contribution < 1.29 is 4.42 Å². The molecule has 1 heterocycles. The van der Waals surface area contributed by atoms with Gasteiger partial charge < -0.3 is 4.42 Å². The molecule has 0 unspecified atom stereocenters. The molecule has 11 heavy (non-hydrogen) atoms. The highest BCUT2D eigenvalue weighted by Gasteiger charge is 2.17. The van der Waals surface area contributed by atoms with Gasteiger partial charge in [-0.2, -0.15) is 0 Å². The lowest BCUT2D eigenvalue weighted by atomic mass is 10.1. The smallest absolute Gasteiger partial charge is 0.176 e. The summed E-state index contributed by atoms with van der Waals surface area (Å²) in [5.74, 6) is 1.12. The van der Waals surface area contributed by atoms with Crippen LogP contribution in [0, 0.1) is 0 Å². The van der Waals surface area contributed by atoms with Crippen LogP contribution in [0.4, 0.5) is 0 Å². The molecule has 1 nitrogen and oxygen atoms in total. The van der Waals surface area contributed by atoms with Gasteiger partial charge in [0.25, 0.3) is 0 Å². The summed E-state index contributed by atoms with van der Waals surface area (Å²) in [5.41, 5.74) is 2.60. The van der Waals surface area contributed by atoms with Crippen LogP contribution in [0.15, 0.2) is 15.2 Å². The Balaban J connectivity index is 2.58. The summed E-state index contributed by atoms with van der Waals surface area (Å²) in [4.78, 5) is 0. The van der Waals surface area contributed by atoms with Gasteiger partial charge in [0.2, 0.25) is 0 Å². The zero-order valence-corrected chi connectivity index (χ0v) is 7.94. The minimum absolute atomic E-state index is 0.887. The van der Waals surface area contributed by atoms with Crippen LogP contribution in [-0.2, 0) is 12.8 Å². The van der Waals surface area contributed by atoms with E-state index in [0.29, 0.717) is 0 Å². The first-order chi connectivity index (χ1) is 5.33. The number of fused-ring (bicyclic) bond motifs is 1. The van der Waals surface area contributed by atoms with Gasteiger partial charge in [-0.3, -0.25) is 0 Å². The largest absolute Gasteiger partial charge is 0.453 e. The van der Waals surface area contributed by atoms with Crippen LogP contribution in [0.1, 0.15) is 23.8 Å². The maximum absolute atomic E-state index is 5.50. The molecule has 0 fully saturated rings. The number of halogens is 1. The summed E-state index contributed by atoms with van der Waals surface area (Å²) >= 11 is 3.39. The van der Waals surface area contributed by atoms with Crippen LogP contribution in [-0.4, -0.2) is 0 Å². The van der Waals surface area contributed by atoms with Crippen molar-refractivity contribution in [2.45, 2.75) is 19.8 Å². The maximum atomic E-state index is 5.50. The third kappa shape index (κ3) is 0.968. The second kappa shape index (κ2) is 2.52. The molecule has 1 aliphatic rings. The molecule has 0 N–H and O–H groups in total. The molecule has 0 saturated heterocycles. The number of allylic oxidation sites excluding steroid dienone is 1. The van der Waals surface area contributed by atoms with Crippen molar-refractivity contribution in [3.8, 4) is 0 Å². The summed E-state index contributed by atoms with van der Waals surface area (Å²) in [6.45, 7) is 2.11. The molecular formula is C9H9BrO. The molecule has 0 saturated carbocycles. The Morgan fingerprint density at radius 2 is 2.45 bits per heavy atom. The second-order valence-corrected chi connectivity index (χ2v) is 3.37. The average molecular weight is 213 g/mol. The van der Waals surface area contributed by atoms with Crippen molar-refractivity contribution >= 4 is 22.0 Å². The maximum Gasteiger partial charge on any atom is 0.176 e. The van der Waals surface area contributed by atoms with Gasteiger partial charge in [-0.05, 0) is 22.4 Å². The van der Waals surface area contributed by atoms with Crippen molar-refractivity contribution in [2.24, 2.45) is 0 Å². The van der Waals surface area contributed by atoms with Gasteiger partial charge in [0.15, 0.2) is 4.67 Å². The van der Waals surface area contributed by atoms with Crippen LogP contribution in [0.3, 0.4) is 0 Å². The van der Waals surface area contributed by atoms with E-state index in [0.717, 1.165) is 23.3 Å². The van der Waals surface area contributed by atoms with Gasteiger partial charge >= 0.3 is 0 Å². The molecule has 0 aliphatic heterocycles. The fourth-order valence-electron chi connectivity index (χ4n) is 1.46. The van der Waals surface area contributed by atoms with Crippen molar-refractivity contribution in [1.82, 2.24) is 0 Å². The van der Waals surface area contributed by atoms with E-state index in [-0.39, 0.29) is 0 Å². The number of rotatable bonds is 1. The number of furan rings is 1. The van der Waals surface area contributed by atoms with E-state index in [1.807, 2.05) is 0 Å². The minimum Gasteiger partial charge on any atom is -0.453 e. The first kappa shape index (κ1) is 7.17. The third-order valence-electron chi connectivity index (χ3n) is 2.01. The van der Waals surface area contributed by atoms with Crippen molar-refractivity contribution in [1.29, 1.82) is 0 Å². The molecule has 58 valence electrons. The second-order valence-electron chi connectivity index (χ2n) is 2.65. The van der Waals surface area contributed by atoms with Crippen LogP contribution in [0.2, 0.25) is 0 Å². The summed E-state index contributed by atoms with van der Waals surface area (Å²) in [5, 5.41) is 0. The van der Waals surface area contributed by atoms with Crippen LogP contribution < -0.4 is 0 Å². The van der Waals surface area contributed by atoms with Gasteiger partial charge in [0.1, 0.15) is 5.76 Å². The highest BCUT2D eigenvalue weighted by atomic mass is 79.9. The van der Waals surface area contributed by atoms with Crippen molar-refractivity contribution in [3.05, 3.63) is 27.6 Å². The standard InChI is InChI=1S/C9H9BrO/c1-2-8-6-4-3-5-7(6)9(10)11-8/h3,5H,2,4H2,1H3. The minimum atomic E-state index is 0.887. The number of hydrogen-bond donors (Lipinski definition) is 0. The Kier molecular flexibility index (Phi) is 1.64. The predicted molar refractivity (Wildman–Crippen MR) is 48.5 cm³/mol. The molecule has 1 aliphatic carbocycles. The summed E-state index contributed by atoms with van der Waals surface area (Å²) in [6, 6.07) is 0. The van der Waals surface area contributed by atoms with E-state index in [1.165, 1.54) is 11.1 Å². The lowest BCUT2D eigenvalue weighted by molar-refractivity contribution is 0.490. The lowest BCUT2D eigenvalue weighted by Crippen LogP contribution is -1.82. The van der Waals surface area contributed by atoms with Crippen LogP contribution in [0.25, 0.3) is 6.08 Å². The van der Waals surface area contributed by atoms with E-state index in [2.05, 4.69) is 35.0 Å². The van der Waals surface area contributed by atoms with Gasteiger partial charge in [0.05, 0.1) is 0 Å². The summed E-state index contributed by atoms with van der Waals surface area (Å²) < 4.78 is 6.39. The molecule has 1 aromatic rings. The van der Waals surface area contributed by atoms with E-state index < -0.39 is 0 Å². The topological polar surface area (TPSA) is 13.1 Å². The molecule has 0 bridgehead atoms. The molecular weight excluding hydrogens is 204 g/mol. The predicted octanol–water partition coefficient (Wildman–Crippen LogP) is 3.17. The summed E-state index contributed by atoms with van der Waals surface area (Å²) in [7, 11) is 0. The Morgan fingerprint density at radius 1 is 1.64 bits per heavy atom. The lowest BCUT2D eigenvalue weighted by Gasteiger charge is -1.91. The Labute approximate surface area is 74.2 Å². The van der Waals surface area contributed by atoms with Crippen LogP contribution in [0.5, 0.6) is 0 Å². The normalized spacial score (nSPS) is 14.0. The van der Waals surface area contributed by atoms with Crippen molar-refractivity contribution in [3.63, 3.8) is 0 Å². The Morgan fingerprint density at radius 3 is 3.18 bits per heavy atom. The molecule has 0 amide bonds. The Bertz CT molecular complexity index is 310. The van der Waals surface area contributed by atoms with Gasteiger partial charge in [0, 0.05) is 17.5 Å². The van der Waals surface area contributed by atoms with Gasteiger partial charge in [-0.1, -0.05) is 19.1 Å². The quantitative estimate of drug-likeness (QED) is 0.698. The highest BCUT2D eigenvalue weighted by Crippen LogP contribution is 2.33. The Hall–Kier alpha value is -0.500. The molecule has 0 radical (unpaired) electrons. The fourth-order valence-corrected chi connectivity index (χ4v) is 2.03. The summed E-state index contributed by atoms with van der Waals surface area (Å²) in [6.07, 6.45) is 6.30. The molecule has 2 rings (SSSR count). The van der Waals surface area contributed by atoms with Crippen LogP contribution >= 0.6 is 15.9 Å².